The van der Waals surface area contributed by atoms with Gasteiger partial charge in [0.2, 0.25) is 0 Å². The van der Waals surface area contributed by atoms with Crippen molar-refractivity contribution in [3.63, 3.8) is 0 Å². The molecule has 0 radical (unpaired) electrons. The molecule has 2 rings (SSSR count). The van der Waals surface area contributed by atoms with Crippen LogP contribution in [0.25, 0.3) is 0 Å². The highest BCUT2D eigenvalue weighted by Gasteiger charge is 1.93. The minimum atomic E-state index is 0. The lowest BCUT2D eigenvalue weighted by Crippen LogP contribution is -1.94. The fourth-order valence-electron chi connectivity index (χ4n) is 1.14. The average Bonchev–Trinajstić information content (AvgIpc) is 2.69. The number of nitrogens with one attached hydrogen (secondary N) is 1. The Hall–Kier alpha value is -1.41. The SMILES string of the molecule is Cl.c1ccc(COc2ccc[nH]2)cc1. The quantitative estimate of drug-likeness (QED) is 0.826. The molecular weight excluding hydrogens is 198 g/mol. The Labute approximate surface area is 89.3 Å². The summed E-state index contributed by atoms with van der Waals surface area (Å²) in [6.07, 6.45) is 1.85. The minimum absolute atomic E-state index is 0. The summed E-state index contributed by atoms with van der Waals surface area (Å²) in [6.45, 7) is 0.612. The first-order chi connectivity index (χ1) is 6.45. The van der Waals surface area contributed by atoms with Crippen molar-refractivity contribution in [3.8, 4) is 5.88 Å². The number of aromatic amines is 1. The second kappa shape index (κ2) is 5.35. The van der Waals surface area contributed by atoms with Gasteiger partial charge in [0.25, 0.3) is 0 Å². The summed E-state index contributed by atoms with van der Waals surface area (Å²) >= 11 is 0. The topological polar surface area (TPSA) is 25.0 Å². The normalized spacial score (nSPS) is 9.14. The molecule has 0 bridgehead atoms. The van der Waals surface area contributed by atoms with E-state index in [1.54, 1.807) is 0 Å². The Morgan fingerprint density at radius 1 is 1.00 bits per heavy atom. The number of benzene rings is 1. The van der Waals surface area contributed by atoms with Crippen molar-refractivity contribution < 1.29 is 4.74 Å². The van der Waals surface area contributed by atoms with Crippen LogP contribution in [0.5, 0.6) is 5.88 Å². The Morgan fingerprint density at radius 2 is 1.79 bits per heavy atom. The molecule has 1 aromatic carbocycles. The molecule has 0 amide bonds. The maximum absolute atomic E-state index is 5.48. The summed E-state index contributed by atoms with van der Waals surface area (Å²) in [5.41, 5.74) is 1.18. The Balaban J connectivity index is 0.000000980. The Kier molecular flexibility index (Phi) is 4.08. The summed E-state index contributed by atoms with van der Waals surface area (Å²) in [7, 11) is 0. The van der Waals surface area contributed by atoms with Gasteiger partial charge < -0.3 is 9.72 Å². The zero-order valence-corrected chi connectivity index (χ0v) is 8.46. The van der Waals surface area contributed by atoms with Gasteiger partial charge in [0, 0.05) is 6.20 Å². The molecule has 0 aliphatic carbocycles. The van der Waals surface area contributed by atoms with Crippen molar-refractivity contribution in [3.05, 3.63) is 54.2 Å². The van der Waals surface area contributed by atoms with E-state index in [-0.39, 0.29) is 12.4 Å². The van der Waals surface area contributed by atoms with Crippen LogP contribution in [-0.4, -0.2) is 4.98 Å². The van der Waals surface area contributed by atoms with Crippen molar-refractivity contribution in [2.75, 3.05) is 0 Å². The third-order valence-corrected chi connectivity index (χ3v) is 1.81. The highest BCUT2D eigenvalue weighted by Crippen LogP contribution is 2.08. The van der Waals surface area contributed by atoms with Crippen molar-refractivity contribution in [2.24, 2.45) is 0 Å². The van der Waals surface area contributed by atoms with Crippen LogP contribution in [0.15, 0.2) is 48.7 Å². The molecule has 0 atom stereocenters. The van der Waals surface area contributed by atoms with Gasteiger partial charge in [0.1, 0.15) is 6.61 Å². The summed E-state index contributed by atoms with van der Waals surface area (Å²) in [6, 6.07) is 13.9. The van der Waals surface area contributed by atoms with E-state index in [9.17, 15) is 0 Å². The Morgan fingerprint density at radius 3 is 2.43 bits per heavy atom. The number of aromatic nitrogens is 1. The summed E-state index contributed by atoms with van der Waals surface area (Å²) in [5, 5.41) is 0. The second-order valence-corrected chi connectivity index (χ2v) is 2.81. The third kappa shape index (κ3) is 2.82. The van der Waals surface area contributed by atoms with Crippen LogP contribution in [0.2, 0.25) is 0 Å². The molecule has 0 aliphatic rings. The van der Waals surface area contributed by atoms with Gasteiger partial charge in [-0.05, 0) is 17.7 Å². The zero-order chi connectivity index (χ0) is 8.93. The molecule has 2 nitrogen and oxygen atoms in total. The van der Waals surface area contributed by atoms with E-state index in [2.05, 4.69) is 4.98 Å². The Bertz CT molecular complexity index is 345. The predicted molar refractivity (Wildman–Crippen MR) is 58.8 cm³/mol. The fraction of sp³-hybridized carbons (Fsp3) is 0.0909. The molecule has 0 saturated heterocycles. The van der Waals surface area contributed by atoms with Crippen LogP contribution in [0.1, 0.15) is 5.56 Å². The van der Waals surface area contributed by atoms with Gasteiger partial charge in [-0.1, -0.05) is 30.3 Å². The molecule has 0 aliphatic heterocycles. The number of hydrogen-bond donors (Lipinski definition) is 1. The summed E-state index contributed by atoms with van der Waals surface area (Å²) in [4.78, 5) is 2.99. The van der Waals surface area contributed by atoms with Crippen molar-refractivity contribution in [1.29, 1.82) is 0 Å². The first-order valence-corrected chi connectivity index (χ1v) is 4.25. The van der Waals surface area contributed by atoms with E-state index in [4.69, 9.17) is 4.74 Å². The van der Waals surface area contributed by atoms with Crippen molar-refractivity contribution in [1.82, 2.24) is 4.98 Å². The van der Waals surface area contributed by atoms with Crippen LogP contribution in [-0.2, 0) is 6.61 Å². The number of ether oxygens (including phenoxy) is 1. The molecule has 3 heteroatoms. The van der Waals surface area contributed by atoms with E-state index in [0.29, 0.717) is 6.61 Å². The molecule has 0 saturated carbocycles. The summed E-state index contributed by atoms with van der Waals surface area (Å²) < 4.78 is 5.48. The molecule has 2 aromatic rings. The number of halogens is 1. The van der Waals surface area contributed by atoms with E-state index >= 15 is 0 Å². The maximum atomic E-state index is 5.48. The van der Waals surface area contributed by atoms with E-state index in [0.717, 1.165) is 5.88 Å². The van der Waals surface area contributed by atoms with Crippen molar-refractivity contribution >= 4 is 12.4 Å². The first-order valence-electron chi connectivity index (χ1n) is 4.25. The summed E-state index contributed by atoms with van der Waals surface area (Å²) in [5.74, 6) is 0.809. The van der Waals surface area contributed by atoms with E-state index < -0.39 is 0 Å². The fourth-order valence-corrected chi connectivity index (χ4v) is 1.14. The molecule has 0 spiro atoms. The zero-order valence-electron chi connectivity index (χ0n) is 7.64. The lowest BCUT2D eigenvalue weighted by molar-refractivity contribution is 0.295. The van der Waals surface area contributed by atoms with Crippen LogP contribution in [0.3, 0.4) is 0 Å². The second-order valence-electron chi connectivity index (χ2n) is 2.81. The van der Waals surface area contributed by atoms with Crippen LogP contribution >= 0.6 is 12.4 Å². The van der Waals surface area contributed by atoms with Gasteiger partial charge in [-0.3, -0.25) is 0 Å². The first kappa shape index (κ1) is 10.7. The molecule has 0 unspecified atom stereocenters. The van der Waals surface area contributed by atoms with Gasteiger partial charge in [-0.15, -0.1) is 12.4 Å². The van der Waals surface area contributed by atoms with Gasteiger partial charge in [-0.2, -0.15) is 0 Å². The van der Waals surface area contributed by atoms with Crippen LogP contribution < -0.4 is 4.74 Å². The monoisotopic (exact) mass is 209 g/mol. The average molecular weight is 210 g/mol. The number of H-pyrrole nitrogens is 1. The van der Waals surface area contributed by atoms with Gasteiger partial charge >= 0.3 is 0 Å². The molecule has 1 heterocycles. The van der Waals surface area contributed by atoms with Gasteiger partial charge in [-0.25, -0.2) is 0 Å². The smallest absolute Gasteiger partial charge is 0.191 e. The highest BCUT2D eigenvalue weighted by atomic mass is 35.5. The highest BCUT2D eigenvalue weighted by molar-refractivity contribution is 5.85. The standard InChI is InChI=1S/C11H11NO.ClH/c1-2-5-10(6-3-1)9-13-11-7-4-8-12-11;/h1-8,12H,9H2;1H. The van der Waals surface area contributed by atoms with E-state index in [1.165, 1.54) is 5.56 Å². The molecule has 14 heavy (non-hydrogen) atoms. The van der Waals surface area contributed by atoms with E-state index in [1.807, 2.05) is 48.7 Å². The number of rotatable bonds is 3. The molecule has 1 N–H and O–H groups in total. The number of hydrogen-bond acceptors (Lipinski definition) is 1. The minimum Gasteiger partial charge on any atom is -0.474 e. The molecule has 74 valence electrons. The predicted octanol–water partition coefficient (Wildman–Crippen LogP) is 3.02. The lowest BCUT2D eigenvalue weighted by Gasteiger charge is -2.02. The van der Waals surface area contributed by atoms with Gasteiger partial charge in [0.15, 0.2) is 5.88 Å². The lowest BCUT2D eigenvalue weighted by atomic mass is 10.2. The largest absolute Gasteiger partial charge is 0.474 e. The van der Waals surface area contributed by atoms with Gasteiger partial charge in [0.05, 0.1) is 0 Å². The molecule has 1 aromatic heterocycles. The maximum Gasteiger partial charge on any atom is 0.191 e. The van der Waals surface area contributed by atoms with Crippen LogP contribution in [0, 0.1) is 0 Å². The third-order valence-electron chi connectivity index (χ3n) is 1.81. The molecule has 0 fully saturated rings. The van der Waals surface area contributed by atoms with Crippen LogP contribution in [0.4, 0.5) is 0 Å². The molecular formula is C11H12ClNO. The van der Waals surface area contributed by atoms with Crippen molar-refractivity contribution in [2.45, 2.75) is 6.61 Å².